The number of benzene rings is 2. The van der Waals surface area contributed by atoms with E-state index < -0.39 is 52.5 Å². The van der Waals surface area contributed by atoms with E-state index in [4.69, 9.17) is 0 Å². The molecule has 2 atom stereocenters. The Kier molecular flexibility index (Phi) is 8.12. The molecule has 1 fully saturated rings. The smallest absolute Gasteiger partial charge is 0.394 e. The van der Waals surface area contributed by atoms with Crippen molar-refractivity contribution in [2.75, 3.05) is 30.0 Å². The van der Waals surface area contributed by atoms with Gasteiger partial charge in [-0.05, 0) is 55.7 Å². The highest BCUT2D eigenvalue weighted by Crippen LogP contribution is 2.41. The number of amides is 1. The van der Waals surface area contributed by atoms with Gasteiger partial charge in [0.2, 0.25) is 5.91 Å². The van der Waals surface area contributed by atoms with Crippen LogP contribution in [0.5, 0.6) is 0 Å². The number of aromatic nitrogens is 1. The Balaban J connectivity index is 1.79. The predicted octanol–water partition coefficient (Wildman–Crippen LogP) is 5.66. The molecule has 2 N–H and O–H groups in total. The molecule has 4 rings (SSSR count). The second kappa shape index (κ2) is 11.0. The topological polar surface area (TPSA) is 76.9 Å². The maximum absolute atomic E-state index is 13.8. The van der Waals surface area contributed by atoms with Gasteiger partial charge in [0.25, 0.3) is 0 Å². The van der Waals surface area contributed by atoms with Gasteiger partial charge in [-0.25, -0.2) is 4.98 Å². The van der Waals surface area contributed by atoms with Gasteiger partial charge < -0.3 is 20.0 Å². The zero-order valence-electron chi connectivity index (χ0n) is 22.5. The van der Waals surface area contributed by atoms with Gasteiger partial charge in [0.05, 0.1) is 47.2 Å². The SMILES string of the molecule is CN(C(=O)C(C)(C)c1cc(C(F)(F)F)cc(C(F)(F)F)c1)c1cnc(N2CCC(O)C2CO)cc1-c1ccccc1. The molecule has 220 valence electrons. The lowest BCUT2D eigenvalue weighted by molar-refractivity contribution is -0.143. The van der Waals surface area contributed by atoms with Gasteiger partial charge >= 0.3 is 12.4 Å². The monoisotopic (exact) mass is 581 g/mol. The van der Waals surface area contributed by atoms with Crippen molar-refractivity contribution in [3.05, 3.63) is 77.5 Å². The number of carbonyl (C=O) groups is 1. The van der Waals surface area contributed by atoms with E-state index >= 15 is 0 Å². The lowest BCUT2D eigenvalue weighted by atomic mass is 9.81. The van der Waals surface area contributed by atoms with Crippen LogP contribution in [-0.4, -0.2) is 53.4 Å². The minimum absolute atomic E-state index is 0.0266. The standard InChI is InChI=1S/C29H29F6N3O3/c1-27(2,18-11-19(28(30,31)32)13-20(12-18)29(33,34)35)26(41)37(3)22-15-36-25(38-10-9-24(40)23(38)16-39)14-21(22)17-7-5-4-6-8-17/h4-8,11-15,23-24,39-40H,9-10,16H2,1-3H3. The summed E-state index contributed by atoms with van der Waals surface area (Å²) in [5.74, 6) is -0.336. The van der Waals surface area contributed by atoms with E-state index in [1.54, 1.807) is 41.3 Å². The Labute approximate surface area is 232 Å². The molecule has 1 amide bonds. The summed E-state index contributed by atoms with van der Waals surface area (Å²) in [6, 6.07) is 11.1. The van der Waals surface area contributed by atoms with Crippen LogP contribution >= 0.6 is 0 Å². The van der Waals surface area contributed by atoms with Gasteiger partial charge in [0.15, 0.2) is 0 Å². The first kappa shape index (κ1) is 30.3. The number of halogens is 6. The highest BCUT2D eigenvalue weighted by atomic mass is 19.4. The molecular formula is C29H29F6N3O3. The Morgan fingerprint density at radius 2 is 1.54 bits per heavy atom. The normalized spacial score (nSPS) is 18.1. The fourth-order valence-electron chi connectivity index (χ4n) is 5.02. The number of hydrogen-bond donors (Lipinski definition) is 2. The highest BCUT2D eigenvalue weighted by molar-refractivity contribution is 6.03. The van der Waals surface area contributed by atoms with Crippen LogP contribution in [0.15, 0.2) is 60.8 Å². The fourth-order valence-corrected chi connectivity index (χ4v) is 5.02. The van der Waals surface area contributed by atoms with E-state index in [1.165, 1.54) is 27.1 Å². The molecule has 2 heterocycles. The largest absolute Gasteiger partial charge is 0.416 e. The van der Waals surface area contributed by atoms with Crippen molar-refractivity contribution in [3.63, 3.8) is 0 Å². The minimum Gasteiger partial charge on any atom is -0.394 e. The van der Waals surface area contributed by atoms with Crippen molar-refractivity contribution in [3.8, 4) is 11.1 Å². The lowest BCUT2D eigenvalue weighted by Gasteiger charge is -2.32. The van der Waals surface area contributed by atoms with Crippen LogP contribution < -0.4 is 9.80 Å². The molecule has 1 aromatic heterocycles. The first-order valence-electron chi connectivity index (χ1n) is 12.7. The molecule has 2 unspecified atom stereocenters. The van der Waals surface area contributed by atoms with Crippen LogP contribution in [0.2, 0.25) is 0 Å². The number of rotatable bonds is 6. The molecular weight excluding hydrogens is 552 g/mol. The van der Waals surface area contributed by atoms with Crippen LogP contribution in [0, 0.1) is 0 Å². The van der Waals surface area contributed by atoms with Crippen molar-refractivity contribution < 1.29 is 41.4 Å². The van der Waals surface area contributed by atoms with Crippen molar-refractivity contribution in [2.45, 2.75) is 50.2 Å². The van der Waals surface area contributed by atoms with Gasteiger partial charge in [-0.1, -0.05) is 30.3 Å². The molecule has 0 saturated carbocycles. The third kappa shape index (κ3) is 6.03. The number of likely N-dealkylation sites (N-methyl/N-ethyl adjacent to an activating group) is 1. The summed E-state index contributed by atoms with van der Waals surface area (Å²) < 4.78 is 81.2. The number of anilines is 2. The van der Waals surface area contributed by atoms with Crippen molar-refractivity contribution in [2.24, 2.45) is 0 Å². The molecule has 41 heavy (non-hydrogen) atoms. The molecule has 6 nitrogen and oxygen atoms in total. The van der Waals surface area contributed by atoms with Crippen LogP contribution in [0.3, 0.4) is 0 Å². The zero-order chi connectivity index (χ0) is 30.3. The lowest BCUT2D eigenvalue weighted by Crippen LogP contribution is -2.42. The number of nitrogens with zero attached hydrogens (tertiary/aromatic N) is 3. The quantitative estimate of drug-likeness (QED) is 0.368. The van der Waals surface area contributed by atoms with Crippen LogP contribution in [0.25, 0.3) is 11.1 Å². The first-order valence-corrected chi connectivity index (χ1v) is 12.7. The number of aliphatic hydroxyl groups is 2. The van der Waals surface area contributed by atoms with Crippen LogP contribution in [0.4, 0.5) is 37.8 Å². The summed E-state index contributed by atoms with van der Waals surface area (Å²) in [6.07, 6.45) is -9.08. The average Bonchev–Trinajstić information content (AvgIpc) is 3.31. The summed E-state index contributed by atoms with van der Waals surface area (Å²) in [4.78, 5) is 21.2. The minimum atomic E-state index is -5.06. The van der Waals surface area contributed by atoms with E-state index in [1.807, 2.05) is 0 Å². The molecule has 1 aliphatic rings. The van der Waals surface area contributed by atoms with Gasteiger partial charge in [0, 0.05) is 19.2 Å². The maximum atomic E-state index is 13.8. The van der Waals surface area contributed by atoms with Gasteiger partial charge in [0.1, 0.15) is 5.82 Å². The molecule has 0 aliphatic carbocycles. The zero-order valence-corrected chi connectivity index (χ0v) is 22.5. The second-order valence-electron chi connectivity index (χ2n) is 10.5. The molecule has 1 aliphatic heterocycles. The Morgan fingerprint density at radius 3 is 2.07 bits per heavy atom. The van der Waals surface area contributed by atoms with Crippen molar-refractivity contribution >= 4 is 17.4 Å². The Morgan fingerprint density at radius 1 is 0.976 bits per heavy atom. The van der Waals surface area contributed by atoms with E-state index in [9.17, 15) is 41.4 Å². The molecule has 2 aromatic carbocycles. The number of alkyl halides is 6. The van der Waals surface area contributed by atoms with Crippen molar-refractivity contribution in [1.82, 2.24) is 4.98 Å². The van der Waals surface area contributed by atoms with Gasteiger partial charge in [-0.15, -0.1) is 0 Å². The van der Waals surface area contributed by atoms with Crippen LogP contribution in [0.1, 0.15) is 37.0 Å². The Bertz CT molecular complexity index is 1380. The third-order valence-electron chi connectivity index (χ3n) is 7.45. The van der Waals surface area contributed by atoms with Crippen LogP contribution in [-0.2, 0) is 22.6 Å². The van der Waals surface area contributed by atoms with E-state index in [-0.39, 0.29) is 18.4 Å². The highest BCUT2D eigenvalue weighted by Gasteiger charge is 2.41. The van der Waals surface area contributed by atoms with E-state index in [2.05, 4.69) is 4.98 Å². The summed E-state index contributed by atoms with van der Waals surface area (Å²) >= 11 is 0. The molecule has 1 saturated heterocycles. The summed E-state index contributed by atoms with van der Waals surface area (Å²) in [7, 11) is 1.38. The predicted molar refractivity (Wildman–Crippen MR) is 141 cm³/mol. The number of aliphatic hydroxyl groups excluding tert-OH is 2. The first-order chi connectivity index (χ1) is 19.1. The van der Waals surface area contributed by atoms with E-state index in [0.29, 0.717) is 42.0 Å². The number of hydrogen-bond acceptors (Lipinski definition) is 5. The summed E-state index contributed by atoms with van der Waals surface area (Å²) in [6.45, 7) is 2.65. The van der Waals surface area contributed by atoms with Gasteiger partial charge in [-0.3, -0.25) is 4.79 Å². The summed E-state index contributed by atoms with van der Waals surface area (Å²) in [5, 5.41) is 20.0. The maximum Gasteiger partial charge on any atom is 0.416 e. The number of pyridine rings is 1. The third-order valence-corrected chi connectivity index (χ3v) is 7.45. The number of carbonyl (C=O) groups excluding carboxylic acids is 1. The van der Waals surface area contributed by atoms with Gasteiger partial charge in [-0.2, -0.15) is 26.3 Å². The fraction of sp³-hybridized carbons (Fsp3) is 0.379. The van der Waals surface area contributed by atoms with Crippen molar-refractivity contribution in [1.29, 1.82) is 0 Å². The average molecular weight is 582 g/mol. The Hall–Kier alpha value is -3.64. The molecule has 0 bridgehead atoms. The summed E-state index contributed by atoms with van der Waals surface area (Å²) in [5.41, 5.74) is -3.81. The molecule has 0 spiro atoms. The molecule has 0 radical (unpaired) electrons. The second-order valence-corrected chi connectivity index (χ2v) is 10.5. The molecule has 3 aromatic rings. The molecule has 12 heteroatoms. The van der Waals surface area contributed by atoms with E-state index in [0.717, 1.165) is 4.90 Å².